The van der Waals surface area contributed by atoms with Crippen molar-refractivity contribution in [2.75, 3.05) is 18.0 Å². The van der Waals surface area contributed by atoms with Crippen LogP contribution in [0.3, 0.4) is 0 Å². The van der Waals surface area contributed by atoms with Crippen LogP contribution in [0, 0.1) is 0 Å². The van der Waals surface area contributed by atoms with Crippen molar-refractivity contribution in [3.63, 3.8) is 0 Å². The highest BCUT2D eigenvalue weighted by molar-refractivity contribution is 7.89. The zero-order valence-electron chi connectivity index (χ0n) is 15.5. The van der Waals surface area contributed by atoms with Gasteiger partial charge < -0.3 is 5.32 Å². The SMILES string of the molecule is CC(=O)N1c2ccc(S(=O)(=O)N3CCCCC3)cc2C[C@H]1C(=O)NC1CC1. The minimum atomic E-state index is -3.54. The zero-order chi connectivity index (χ0) is 19.2. The number of carbonyl (C=O) groups is 2. The fourth-order valence-electron chi connectivity index (χ4n) is 3.97. The normalized spacial score (nSPS) is 23.1. The van der Waals surface area contributed by atoms with Gasteiger partial charge in [0, 0.05) is 38.2 Å². The first-order valence-corrected chi connectivity index (χ1v) is 11.0. The molecule has 1 saturated carbocycles. The van der Waals surface area contributed by atoms with Crippen LogP contribution in [0.1, 0.15) is 44.6 Å². The standard InChI is InChI=1S/C19H25N3O4S/c1-13(23)22-17-8-7-16(27(25,26)21-9-3-2-4-10-21)11-14(17)12-18(22)19(24)20-15-5-6-15/h7-8,11,15,18H,2-6,9-10,12H2,1H3,(H,20,24)/t18-/m0/s1. The molecule has 1 saturated heterocycles. The van der Waals surface area contributed by atoms with E-state index in [4.69, 9.17) is 0 Å². The molecule has 0 aromatic heterocycles. The smallest absolute Gasteiger partial charge is 0.243 e. The van der Waals surface area contributed by atoms with E-state index in [1.165, 1.54) is 16.1 Å². The second-order valence-electron chi connectivity index (χ2n) is 7.65. The Labute approximate surface area is 159 Å². The van der Waals surface area contributed by atoms with Crippen molar-refractivity contribution in [1.82, 2.24) is 9.62 Å². The molecule has 1 aliphatic carbocycles. The van der Waals surface area contributed by atoms with Crippen molar-refractivity contribution in [2.45, 2.75) is 62.4 Å². The van der Waals surface area contributed by atoms with Gasteiger partial charge in [0.05, 0.1) is 4.90 Å². The minimum Gasteiger partial charge on any atom is -0.352 e. The van der Waals surface area contributed by atoms with Gasteiger partial charge in [0.2, 0.25) is 21.8 Å². The molecule has 1 aromatic rings. The number of piperidine rings is 1. The van der Waals surface area contributed by atoms with Gasteiger partial charge in [0.1, 0.15) is 6.04 Å². The minimum absolute atomic E-state index is 0.163. The van der Waals surface area contributed by atoms with Crippen molar-refractivity contribution < 1.29 is 18.0 Å². The molecule has 3 aliphatic rings. The third kappa shape index (κ3) is 3.48. The van der Waals surface area contributed by atoms with Gasteiger partial charge in [0.25, 0.3) is 0 Å². The van der Waals surface area contributed by atoms with Crippen LogP contribution in [0.2, 0.25) is 0 Å². The average molecular weight is 391 g/mol. The summed E-state index contributed by atoms with van der Waals surface area (Å²) in [6.45, 7) is 2.53. The average Bonchev–Trinajstić information content (AvgIpc) is 3.37. The lowest BCUT2D eigenvalue weighted by Gasteiger charge is -2.26. The number of hydrogen-bond acceptors (Lipinski definition) is 4. The summed E-state index contributed by atoms with van der Waals surface area (Å²) in [6, 6.07) is 4.47. The van der Waals surface area contributed by atoms with Gasteiger partial charge >= 0.3 is 0 Å². The first-order valence-electron chi connectivity index (χ1n) is 9.61. The van der Waals surface area contributed by atoms with Gasteiger partial charge in [-0.1, -0.05) is 6.42 Å². The predicted octanol–water partition coefficient (Wildman–Crippen LogP) is 1.42. The summed E-state index contributed by atoms with van der Waals surface area (Å²) in [5.41, 5.74) is 1.37. The van der Waals surface area contributed by atoms with E-state index in [9.17, 15) is 18.0 Å². The van der Waals surface area contributed by atoms with E-state index in [0.29, 0.717) is 25.2 Å². The molecule has 1 atom stereocenters. The highest BCUT2D eigenvalue weighted by Crippen LogP contribution is 2.35. The maximum Gasteiger partial charge on any atom is 0.243 e. The van der Waals surface area contributed by atoms with Gasteiger partial charge in [-0.2, -0.15) is 4.31 Å². The summed E-state index contributed by atoms with van der Waals surface area (Å²) in [5.74, 6) is -0.374. The molecule has 0 bridgehead atoms. The van der Waals surface area contributed by atoms with Crippen molar-refractivity contribution in [3.8, 4) is 0 Å². The molecule has 0 unspecified atom stereocenters. The van der Waals surface area contributed by atoms with Gasteiger partial charge in [-0.25, -0.2) is 8.42 Å². The van der Waals surface area contributed by atoms with Crippen molar-refractivity contribution in [1.29, 1.82) is 0 Å². The molecule has 27 heavy (non-hydrogen) atoms. The first kappa shape index (κ1) is 18.4. The molecule has 2 fully saturated rings. The molecule has 1 aromatic carbocycles. The number of carbonyl (C=O) groups excluding carboxylic acids is 2. The fourth-order valence-corrected chi connectivity index (χ4v) is 5.53. The molecule has 2 aliphatic heterocycles. The third-order valence-electron chi connectivity index (χ3n) is 5.55. The van der Waals surface area contributed by atoms with Crippen molar-refractivity contribution in [2.24, 2.45) is 0 Å². The Hall–Kier alpha value is -1.93. The summed E-state index contributed by atoms with van der Waals surface area (Å²) in [4.78, 5) is 26.5. The summed E-state index contributed by atoms with van der Waals surface area (Å²) in [5, 5.41) is 2.95. The lowest BCUT2D eigenvalue weighted by atomic mass is 10.1. The number of fused-ring (bicyclic) bond motifs is 1. The second-order valence-corrected chi connectivity index (χ2v) is 9.59. The number of hydrogen-bond donors (Lipinski definition) is 1. The maximum absolute atomic E-state index is 12.9. The van der Waals surface area contributed by atoms with Crippen LogP contribution < -0.4 is 10.2 Å². The van der Waals surface area contributed by atoms with Crippen LogP contribution in [-0.4, -0.2) is 49.7 Å². The van der Waals surface area contributed by atoms with Crippen LogP contribution in [0.15, 0.2) is 23.1 Å². The van der Waals surface area contributed by atoms with Crippen LogP contribution in [-0.2, 0) is 26.0 Å². The molecular weight excluding hydrogens is 366 g/mol. The number of amides is 2. The van der Waals surface area contributed by atoms with E-state index in [1.54, 1.807) is 18.2 Å². The molecule has 0 spiro atoms. The van der Waals surface area contributed by atoms with Crippen LogP contribution in [0.25, 0.3) is 0 Å². The lowest BCUT2D eigenvalue weighted by Crippen LogP contribution is -2.47. The molecule has 146 valence electrons. The zero-order valence-corrected chi connectivity index (χ0v) is 16.3. The van der Waals surface area contributed by atoms with E-state index in [0.717, 1.165) is 37.7 Å². The maximum atomic E-state index is 12.9. The molecule has 1 N–H and O–H groups in total. The molecule has 4 rings (SSSR count). The molecule has 8 heteroatoms. The Morgan fingerprint density at radius 1 is 1.11 bits per heavy atom. The summed E-state index contributed by atoms with van der Waals surface area (Å²) >= 11 is 0. The first-order chi connectivity index (χ1) is 12.9. The van der Waals surface area contributed by atoms with Gasteiger partial charge in [-0.3, -0.25) is 14.5 Å². The second kappa shape index (κ2) is 6.91. The Morgan fingerprint density at radius 2 is 1.81 bits per heavy atom. The number of nitrogens with one attached hydrogen (secondary N) is 1. The number of benzene rings is 1. The van der Waals surface area contributed by atoms with Crippen molar-refractivity contribution in [3.05, 3.63) is 23.8 Å². The van der Waals surface area contributed by atoms with Gasteiger partial charge in [0.15, 0.2) is 0 Å². The number of rotatable bonds is 4. The number of anilines is 1. The van der Waals surface area contributed by atoms with E-state index < -0.39 is 16.1 Å². The fraction of sp³-hybridized carbons (Fsp3) is 0.579. The van der Waals surface area contributed by atoms with E-state index in [-0.39, 0.29) is 22.8 Å². The highest BCUT2D eigenvalue weighted by atomic mass is 32.2. The topological polar surface area (TPSA) is 86.8 Å². The largest absolute Gasteiger partial charge is 0.352 e. The molecule has 7 nitrogen and oxygen atoms in total. The Morgan fingerprint density at radius 3 is 2.44 bits per heavy atom. The third-order valence-corrected chi connectivity index (χ3v) is 7.45. The van der Waals surface area contributed by atoms with Gasteiger partial charge in [-0.05, 0) is 49.4 Å². The van der Waals surface area contributed by atoms with Gasteiger partial charge in [-0.15, -0.1) is 0 Å². The van der Waals surface area contributed by atoms with Crippen molar-refractivity contribution >= 4 is 27.5 Å². The number of nitrogens with zero attached hydrogens (tertiary/aromatic N) is 2. The molecule has 2 amide bonds. The van der Waals surface area contributed by atoms with Crippen LogP contribution in [0.5, 0.6) is 0 Å². The highest BCUT2D eigenvalue weighted by Gasteiger charge is 2.39. The van der Waals surface area contributed by atoms with E-state index in [2.05, 4.69) is 5.32 Å². The molecular formula is C19H25N3O4S. The van der Waals surface area contributed by atoms with E-state index in [1.807, 2.05) is 0 Å². The van der Waals surface area contributed by atoms with Crippen LogP contribution >= 0.6 is 0 Å². The van der Waals surface area contributed by atoms with Crippen LogP contribution in [0.4, 0.5) is 5.69 Å². The summed E-state index contributed by atoms with van der Waals surface area (Å²) in [7, 11) is -3.54. The molecule has 2 heterocycles. The summed E-state index contributed by atoms with van der Waals surface area (Å²) in [6.07, 6.45) is 5.11. The quantitative estimate of drug-likeness (QED) is 0.841. The number of sulfonamides is 1. The Kier molecular flexibility index (Phi) is 4.71. The monoisotopic (exact) mass is 391 g/mol. The Balaban J connectivity index is 1.62. The van der Waals surface area contributed by atoms with E-state index >= 15 is 0 Å². The Bertz CT molecular complexity index is 873. The predicted molar refractivity (Wildman–Crippen MR) is 101 cm³/mol. The summed E-state index contributed by atoms with van der Waals surface area (Å²) < 4.78 is 27.4. The lowest BCUT2D eigenvalue weighted by molar-refractivity contribution is -0.125. The molecule has 0 radical (unpaired) electrons.